The lowest BCUT2D eigenvalue weighted by Gasteiger charge is -1.99. The van der Waals surface area contributed by atoms with Crippen molar-refractivity contribution in [2.75, 3.05) is 7.11 Å². The molecule has 4 heteroatoms. The maximum atomic E-state index is 5.41. The van der Waals surface area contributed by atoms with Crippen molar-refractivity contribution in [1.82, 2.24) is 5.16 Å². The number of rotatable bonds is 3. The molecule has 0 fully saturated rings. The van der Waals surface area contributed by atoms with Gasteiger partial charge in [0.05, 0.1) is 7.11 Å². The van der Waals surface area contributed by atoms with Crippen molar-refractivity contribution in [2.45, 2.75) is 0 Å². The minimum Gasteiger partial charge on any atom is -0.497 e. The van der Waals surface area contributed by atoms with Crippen LogP contribution in [-0.4, -0.2) is 12.3 Å². The fourth-order valence-electron chi connectivity index (χ4n) is 1.95. The molecule has 0 aliphatic carbocycles. The number of halogens is 1. The highest BCUT2D eigenvalue weighted by Crippen LogP contribution is 2.28. The fraction of sp³-hybridized carbons (Fsp3) is 0.0625. The van der Waals surface area contributed by atoms with Crippen molar-refractivity contribution >= 4 is 15.9 Å². The van der Waals surface area contributed by atoms with Gasteiger partial charge in [0, 0.05) is 21.7 Å². The Morgan fingerprint density at radius 2 is 1.80 bits per heavy atom. The molecule has 0 unspecified atom stereocenters. The van der Waals surface area contributed by atoms with Gasteiger partial charge < -0.3 is 9.26 Å². The van der Waals surface area contributed by atoms with E-state index in [1.807, 2.05) is 54.6 Å². The zero-order valence-corrected chi connectivity index (χ0v) is 12.4. The summed E-state index contributed by atoms with van der Waals surface area (Å²) in [6.45, 7) is 0. The first-order valence-electron chi connectivity index (χ1n) is 6.13. The molecule has 0 saturated heterocycles. The summed E-state index contributed by atoms with van der Waals surface area (Å²) in [7, 11) is 1.65. The van der Waals surface area contributed by atoms with Gasteiger partial charge in [-0.25, -0.2) is 0 Å². The van der Waals surface area contributed by atoms with E-state index in [0.717, 1.165) is 32.8 Å². The highest BCUT2D eigenvalue weighted by molar-refractivity contribution is 9.10. The van der Waals surface area contributed by atoms with Crippen LogP contribution < -0.4 is 4.74 Å². The van der Waals surface area contributed by atoms with Crippen LogP contribution in [0.2, 0.25) is 0 Å². The summed E-state index contributed by atoms with van der Waals surface area (Å²) in [6, 6.07) is 17.6. The van der Waals surface area contributed by atoms with Gasteiger partial charge in [-0.2, -0.15) is 0 Å². The second kappa shape index (κ2) is 5.51. The summed E-state index contributed by atoms with van der Waals surface area (Å²) >= 11 is 3.45. The molecule has 0 atom stereocenters. The number of benzene rings is 2. The molecule has 1 heterocycles. The smallest absolute Gasteiger partial charge is 0.167 e. The first-order valence-corrected chi connectivity index (χ1v) is 6.92. The van der Waals surface area contributed by atoms with Gasteiger partial charge in [-0.05, 0) is 36.4 Å². The topological polar surface area (TPSA) is 35.3 Å². The molecular weight excluding hydrogens is 318 g/mol. The van der Waals surface area contributed by atoms with Crippen molar-refractivity contribution in [3.8, 4) is 28.3 Å². The molecule has 3 aromatic rings. The minimum absolute atomic E-state index is 0.739. The number of nitrogens with zero attached hydrogens (tertiary/aromatic N) is 1. The Kier molecular flexibility index (Phi) is 3.56. The van der Waals surface area contributed by atoms with E-state index in [2.05, 4.69) is 21.1 Å². The van der Waals surface area contributed by atoms with E-state index in [4.69, 9.17) is 9.26 Å². The van der Waals surface area contributed by atoms with Crippen molar-refractivity contribution in [3.63, 3.8) is 0 Å². The van der Waals surface area contributed by atoms with Gasteiger partial charge in [0.25, 0.3) is 0 Å². The van der Waals surface area contributed by atoms with E-state index in [9.17, 15) is 0 Å². The van der Waals surface area contributed by atoms with E-state index in [-0.39, 0.29) is 0 Å². The number of ether oxygens (including phenoxy) is 1. The molecule has 3 nitrogen and oxygen atoms in total. The lowest BCUT2D eigenvalue weighted by molar-refractivity contribution is 0.414. The van der Waals surface area contributed by atoms with Crippen LogP contribution in [0.25, 0.3) is 22.6 Å². The van der Waals surface area contributed by atoms with Gasteiger partial charge in [-0.1, -0.05) is 33.2 Å². The predicted octanol–water partition coefficient (Wildman–Crippen LogP) is 4.78. The summed E-state index contributed by atoms with van der Waals surface area (Å²) in [5.41, 5.74) is 2.81. The zero-order chi connectivity index (χ0) is 13.9. The van der Waals surface area contributed by atoms with Crippen LogP contribution in [0.4, 0.5) is 0 Å². The summed E-state index contributed by atoms with van der Waals surface area (Å²) in [5, 5.41) is 4.12. The fourth-order valence-corrected chi connectivity index (χ4v) is 2.35. The summed E-state index contributed by atoms with van der Waals surface area (Å²) < 4.78 is 11.6. The Labute approximate surface area is 125 Å². The van der Waals surface area contributed by atoms with E-state index >= 15 is 0 Å². The average molecular weight is 330 g/mol. The first kappa shape index (κ1) is 12.9. The predicted molar refractivity (Wildman–Crippen MR) is 81.6 cm³/mol. The third-order valence-electron chi connectivity index (χ3n) is 3.01. The summed E-state index contributed by atoms with van der Waals surface area (Å²) in [4.78, 5) is 0. The maximum Gasteiger partial charge on any atom is 0.167 e. The minimum atomic E-state index is 0.739. The third-order valence-corrected chi connectivity index (χ3v) is 3.50. The molecule has 20 heavy (non-hydrogen) atoms. The standard InChI is InChI=1S/C16H12BrNO2/c1-19-14-7-5-11(6-8-14)16-10-15(18-20-16)12-3-2-4-13(17)9-12/h2-10H,1H3. The van der Waals surface area contributed by atoms with Crippen LogP contribution in [0.15, 0.2) is 63.6 Å². The van der Waals surface area contributed by atoms with Crippen LogP contribution in [0.3, 0.4) is 0 Å². The number of aromatic nitrogens is 1. The molecule has 0 radical (unpaired) electrons. The van der Waals surface area contributed by atoms with E-state index in [1.54, 1.807) is 7.11 Å². The SMILES string of the molecule is COc1ccc(-c2cc(-c3cccc(Br)c3)no2)cc1. The number of hydrogen-bond donors (Lipinski definition) is 0. The Hall–Kier alpha value is -2.07. The molecule has 3 rings (SSSR count). The third kappa shape index (κ3) is 2.60. The van der Waals surface area contributed by atoms with Gasteiger partial charge in [0.2, 0.25) is 0 Å². The highest BCUT2D eigenvalue weighted by atomic mass is 79.9. The molecule has 100 valence electrons. The zero-order valence-electron chi connectivity index (χ0n) is 10.8. The lowest BCUT2D eigenvalue weighted by atomic mass is 10.1. The second-order valence-electron chi connectivity index (χ2n) is 4.32. The summed E-state index contributed by atoms with van der Waals surface area (Å²) in [5.74, 6) is 1.56. The van der Waals surface area contributed by atoms with Gasteiger partial charge in [0.15, 0.2) is 5.76 Å². The largest absolute Gasteiger partial charge is 0.497 e. The average Bonchev–Trinajstić information content (AvgIpc) is 2.97. The molecule has 0 N–H and O–H groups in total. The molecule has 2 aromatic carbocycles. The Balaban J connectivity index is 1.93. The van der Waals surface area contributed by atoms with Crippen LogP contribution in [0.5, 0.6) is 5.75 Å². The van der Waals surface area contributed by atoms with Crippen molar-refractivity contribution in [1.29, 1.82) is 0 Å². The molecule has 0 bridgehead atoms. The first-order chi connectivity index (χ1) is 9.76. The molecular formula is C16H12BrNO2. The van der Waals surface area contributed by atoms with Crippen molar-refractivity contribution in [3.05, 3.63) is 59.1 Å². The quantitative estimate of drug-likeness (QED) is 0.693. The second-order valence-corrected chi connectivity index (χ2v) is 5.23. The van der Waals surface area contributed by atoms with E-state index < -0.39 is 0 Å². The molecule has 0 spiro atoms. The normalized spacial score (nSPS) is 10.5. The van der Waals surface area contributed by atoms with Gasteiger partial charge in [-0.3, -0.25) is 0 Å². The molecule has 0 amide bonds. The van der Waals surface area contributed by atoms with Gasteiger partial charge in [-0.15, -0.1) is 0 Å². The van der Waals surface area contributed by atoms with E-state index in [1.165, 1.54) is 0 Å². The monoisotopic (exact) mass is 329 g/mol. The molecule has 0 aliphatic heterocycles. The van der Waals surface area contributed by atoms with Crippen molar-refractivity contribution in [2.24, 2.45) is 0 Å². The Bertz CT molecular complexity index is 719. The number of hydrogen-bond acceptors (Lipinski definition) is 3. The van der Waals surface area contributed by atoms with Crippen LogP contribution in [0, 0.1) is 0 Å². The van der Waals surface area contributed by atoms with Crippen LogP contribution in [-0.2, 0) is 0 Å². The Morgan fingerprint density at radius 3 is 2.50 bits per heavy atom. The lowest BCUT2D eigenvalue weighted by Crippen LogP contribution is -1.81. The van der Waals surface area contributed by atoms with Crippen LogP contribution in [0.1, 0.15) is 0 Å². The highest BCUT2D eigenvalue weighted by Gasteiger charge is 2.08. The maximum absolute atomic E-state index is 5.41. The van der Waals surface area contributed by atoms with Gasteiger partial charge in [0.1, 0.15) is 11.4 Å². The van der Waals surface area contributed by atoms with Crippen LogP contribution >= 0.6 is 15.9 Å². The van der Waals surface area contributed by atoms with Crippen molar-refractivity contribution < 1.29 is 9.26 Å². The van der Waals surface area contributed by atoms with Gasteiger partial charge >= 0.3 is 0 Å². The Morgan fingerprint density at radius 1 is 1.00 bits per heavy atom. The molecule has 0 aliphatic rings. The molecule has 1 aromatic heterocycles. The summed E-state index contributed by atoms with van der Waals surface area (Å²) in [6.07, 6.45) is 0. The van der Waals surface area contributed by atoms with E-state index in [0.29, 0.717) is 0 Å². The molecule has 0 saturated carbocycles. The number of methoxy groups -OCH3 is 1.